The van der Waals surface area contributed by atoms with E-state index in [1.165, 1.54) is 18.0 Å². The van der Waals surface area contributed by atoms with Crippen LogP contribution in [0.1, 0.15) is 24.8 Å². The number of benzene rings is 1. The lowest BCUT2D eigenvalue weighted by molar-refractivity contribution is 0.599. The van der Waals surface area contributed by atoms with Gasteiger partial charge in [0.25, 0.3) is 0 Å². The van der Waals surface area contributed by atoms with Crippen LogP contribution in [0.2, 0.25) is 0 Å². The second kappa shape index (κ2) is 5.89. The molecule has 96 valence electrons. The summed E-state index contributed by atoms with van der Waals surface area (Å²) in [6.45, 7) is 2.67. The first-order chi connectivity index (χ1) is 7.90. The van der Waals surface area contributed by atoms with Crippen LogP contribution in [0.25, 0.3) is 0 Å². The fourth-order valence-corrected chi connectivity index (χ4v) is 3.66. The van der Waals surface area contributed by atoms with Gasteiger partial charge >= 0.3 is 0 Å². The quantitative estimate of drug-likeness (QED) is 0.836. The number of hydrogen-bond donors (Lipinski definition) is 1. The fraction of sp³-hybridized carbons (Fsp3) is 0.500. The Kier molecular flexibility index (Phi) is 5.04. The Morgan fingerprint density at radius 2 is 2.06 bits per heavy atom. The highest BCUT2D eigenvalue weighted by atomic mass is 32.2. The molecule has 0 aliphatic rings. The Labute approximate surface area is 108 Å². The summed E-state index contributed by atoms with van der Waals surface area (Å²) in [6, 6.07) is 5.64. The van der Waals surface area contributed by atoms with Gasteiger partial charge < -0.3 is 5.73 Å². The third kappa shape index (κ3) is 3.72. The zero-order valence-electron chi connectivity index (χ0n) is 10.4. The van der Waals surface area contributed by atoms with E-state index in [4.69, 9.17) is 5.73 Å². The Morgan fingerprint density at radius 1 is 1.41 bits per heavy atom. The largest absolute Gasteiger partial charge is 0.330 e. The minimum atomic E-state index is -3.17. The minimum absolute atomic E-state index is 0.288. The predicted molar refractivity (Wildman–Crippen MR) is 73.4 cm³/mol. The molecule has 1 aromatic carbocycles. The van der Waals surface area contributed by atoms with Crippen molar-refractivity contribution >= 4 is 21.6 Å². The molecule has 17 heavy (non-hydrogen) atoms. The van der Waals surface area contributed by atoms with Crippen molar-refractivity contribution in [2.24, 2.45) is 5.73 Å². The zero-order valence-corrected chi connectivity index (χ0v) is 12.1. The molecule has 5 heteroatoms. The van der Waals surface area contributed by atoms with E-state index in [0.29, 0.717) is 11.4 Å². The van der Waals surface area contributed by atoms with Crippen LogP contribution in [0.4, 0.5) is 0 Å². The minimum Gasteiger partial charge on any atom is -0.330 e. The molecule has 0 fully saturated rings. The van der Waals surface area contributed by atoms with Gasteiger partial charge in [0.1, 0.15) is 0 Å². The first-order valence-electron chi connectivity index (χ1n) is 5.48. The molecule has 3 nitrogen and oxygen atoms in total. The standard InChI is InChI=1S/C12H19NO2S2/c1-9(6-7-13)10-4-5-11(16-2)12(8-10)17(3,14)15/h4-5,8-9H,6-7,13H2,1-3H3. The molecule has 0 amide bonds. The molecular weight excluding hydrogens is 254 g/mol. The molecule has 0 saturated carbocycles. The third-order valence-electron chi connectivity index (χ3n) is 2.76. The molecule has 0 aliphatic carbocycles. The molecule has 0 spiro atoms. The Hall–Kier alpha value is -0.520. The second-order valence-corrected chi connectivity index (χ2v) is 6.99. The molecule has 0 aliphatic heterocycles. The summed E-state index contributed by atoms with van der Waals surface area (Å²) in [6.07, 6.45) is 3.99. The number of rotatable bonds is 5. The van der Waals surface area contributed by atoms with Gasteiger partial charge in [0.05, 0.1) is 4.90 Å². The van der Waals surface area contributed by atoms with E-state index in [2.05, 4.69) is 6.92 Å². The number of thioether (sulfide) groups is 1. The van der Waals surface area contributed by atoms with E-state index < -0.39 is 9.84 Å². The van der Waals surface area contributed by atoms with Crippen molar-refractivity contribution in [2.45, 2.75) is 29.1 Å². The van der Waals surface area contributed by atoms with Gasteiger partial charge in [-0.1, -0.05) is 13.0 Å². The number of hydrogen-bond acceptors (Lipinski definition) is 4. The highest BCUT2D eigenvalue weighted by Crippen LogP contribution is 2.29. The van der Waals surface area contributed by atoms with Crippen molar-refractivity contribution in [1.82, 2.24) is 0 Å². The lowest BCUT2D eigenvalue weighted by Gasteiger charge is -2.13. The van der Waals surface area contributed by atoms with Crippen LogP contribution in [0.5, 0.6) is 0 Å². The Morgan fingerprint density at radius 3 is 2.53 bits per heavy atom. The molecule has 2 N–H and O–H groups in total. The molecule has 1 aromatic rings. The molecule has 1 atom stereocenters. The molecule has 0 heterocycles. The maximum atomic E-state index is 11.7. The molecule has 0 aromatic heterocycles. The Bertz CT molecular complexity index is 483. The van der Waals surface area contributed by atoms with Crippen molar-refractivity contribution in [3.63, 3.8) is 0 Å². The average molecular weight is 273 g/mol. The van der Waals surface area contributed by atoms with Crippen LogP contribution in [-0.2, 0) is 9.84 Å². The van der Waals surface area contributed by atoms with E-state index in [0.717, 1.165) is 16.9 Å². The van der Waals surface area contributed by atoms with Crippen molar-refractivity contribution in [2.75, 3.05) is 19.1 Å². The van der Waals surface area contributed by atoms with E-state index in [1.807, 2.05) is 18.4 Å². The zero-order chi connectivity index (χ0) is 13.1. The van der Waals surface area contributed by atoms with Gasteiger partial charge in [0.2, 0.25) is 0 Å². The van der Waals surface area contributed by atoms with Crippen molar-refractivity contribution in [3.05, 3.63) is 23.8 Å². The summed E-state index contributed by atoms with van der Waals surface area (Å²) in [5.74, 6) is 0.288. The predicted octanol–water partition coefficient (Wildman–Crippen LogP) is 2.26. The summed E-state index contributed by atoms with van der Waals surface area (Å²) in [4.78, 5) is 1.22. The van der Waals surface area contributed by atoms with Gasteiger partial charge in [-0.15, -0.1) is 11.8 Å². The Balaban J connectivity index is 3.23. The highest BCUT2D eigenvalue weighted by molar-refractivity contribution is 7.99. The topological polar surface area (TPSA) is 60.2 Å². The normalized spacial score (nSPS) is 13.6. The molecular formula is C12H19NO2S2. The maximum absolute atomic E-state index is 11.7. The fourth-order valence-electron chi connectivity index (χ4n) is 1.71. The van der Waals surface area contributed by atoms with Crippen molar-refractivity contribution in [1.29, 1.82) is 0 Å². The summed E-state index contributed by atoms with van der Waals surface area (Å²) < 4.78 is 23.4. The van der Waals surface area contributed by atoms with E-state index in [9.17, 15) is 8.42 Å². The van der Waals surface area contributed by atoms with Gasteiger partial charge in [-0.2, -0.15) is 0 Å². The molecule has 0 radical (unpaired) electrons. The lowest BCUT2D eigenvalue weighted by Crippen LogP contribution is -2.06. The SMILES string of the molecule is CSc1ccc(C(C)CCN)cc1S(C)(=O)=O. The van der Waals surface area contributed by atoms with Gasteiger partial charge in [-0.25, -0.2) is 8.42 Å². The van der Waals surface area contributed by atoms with Crippen molar-refractivity contribution in [3.8, 4) is 0 Å². The summed E-state index contributed by atoms with van der Waals surface area (Å²) in [5, 5.41) is 0. The third-order valence-corrected chi connectivity index (χ3v) is 4.82. The number of sulfone groups is 1. The monoisotopic (exact) mass is 273 g/mol. The van der Waals surface area contributed by atoms with Gasteiger partial charge in [-0.05, 0) is 42.8 Å². The van der Waals surface area contributed by atoms with Crippen LogP contribution in [0.3, 0.4) is 0 Å². The van der Waals surface area contributed by atoms with Crippen LogP contribution >= 0.6 is 11.8 Å². The first-order valence-corrected chi connectivity index (χ1v) is 8.59. The van der Waals surface area contributed by atoms with E-state index >= 15 is 0 Å². The van der Waals surface area contributed by atoms with Crippen LogP contribution < -0.4 is 5.73 Å². The summed E-state index contributed by atoms with van der Waals surface area (Å²) in [7, 11) is -3.17. The molecule has 0 saturated heterocycles. The number of nitrogens with two attached hydrogens (primary N) is 1. The highest BCUT2D eigenvalue weighted by Gasteiger charge is 2.15. The van der Waals surface area contributed by atoms with Gasteiger partial charge in [0, 0.05) is 11.2 Å². The molecule has 0 bridgehead atoms. The van der Waals surface area contributed by atoms with Gasteiger partial charge in [-0.3, -0.25) is 0 Å². The van der Waals surface area contributed by atoms with Gasteiger partial charge in [0.15, 0.2) is 9.84 Å². The molecule has 1 rings (SSSR count). The first kappa shape index (κ1) is 14.5. The lowest BCUT2D eigenvalue weighted by atomic mass is 9.98. The molecule has 1 unspecified atom stereocenters. The summed E-state index contributed by atoms with van der Waals surface area (Å²) >= 11 is 1.45. The van der Waals surface area contributed by atoms with E-state index in [1.54, 1.807) is 6.07 Å². The average Bonchev–Trinajstić information content (AvgIpc) is 2.27. The van der Waals surface area contributed by atoms with Crippen LogP contribution in [-0.4, -0.2) is 27.5 Å². The van der Waals surface area contributed by atoms with Crippen molar-refractivity contribution < 1.29 is 8.42 Å². The summed E-state index contributed by atoms with van der Waals surface area (Å²) in [5.41, 5.74) is 6.56. The second-order valence-electron chi connectivity index (χ2n) is 4.16. The smallest absolute Gasteiger partial charge is 0.176 e. The van der Waals surface area contributed by atoms with Crippen LogP contribution in [0.15, 0.2) is 28.0 Å². The maximum Gasteiger partial charge on any atom is 0.176 e. The van der Waals surface area contributed by atoms with E-state index in [-0.39, 0.29) is 5.92 Å². The van der Waals surface area contributed by atoms with Crippen LogP contribution in [0, 0.1) is 0 Å².